The third-order valence-corrected chi connectivity index (χ3v) is 7.71. The van der Waals surface area contributed by atoms with E-state index in [1.54, 1.807) is 60.7 Å². The molecule has 2 amide bonds. The molecule has 1 aliphatic heterocycles. The van der Waals surface area contributed by atoms with Gasteiger partial charge < -0.3 is 10.2 Å². The Kier molecular flexibility index (Phi) is 6.48. The van der Waals surface area contributed by atoms with Crippen molar-refractivity contribution in [1.82, 2.24) is 5.32 Å². The molecule has 0 fully saturated rings. The fraction of sp³-hybridized carbons (Fsp3) is 0.103. The van der Waals surface area contributed by atoms with Gasteiger partial charge in [-0.3, -0.25) is 9.59 Å². The fourth-order valence-corrected chi connectivity index (χ4v) is 5.61. The van der Waals surface area contributed by atoms with Crippen LogP contribution >= 0.6 is 0 Å². The minimum Gasteiger partial charge on any atom is -0.346 e. The fourth-order valence-electron chi connectivity index (χ4n) is 4.26. The molecule has 5 nitrogen and oxygen atoms in total. The standard InChI is InChI=1S/C29H23FN2O3S/c1-19(20-9-3-2-4-10-20)31-28(33)21-15-16-27-25(17-21)32(18-22-11-5-7-13-24(22)30)29(34)23-12-6-8-14-26(23)36(27)35/h2-17,19H,18H2,1H3,(H,31,33). The highest BCUT2D eigenvalue weighted by atomic mass is 32.2. The van der Waals surface area contributed by atoms with Crippen molar-refractivity contribution in [2.75, 3.05) is 4.90 Å². The van der Waals surface area contributed by atoms with Crippen LogP contribution in [0.1, 0.15) is 44.8 Å². The largest absolute Gasteiger partial charge is 0.346 e. The number of hydrogen-bond acceptors (Lipinski definition) is 3. The SMILES string of the molecule is CC(NC(=O)c1ccc2c(c1)N(Cc1ccccc1F)C(=O)c1ccccc1S2=O)c1ccccc1. The molecule has 0 saturated heterocycles. The Bertz CT molecular complexity index is 1490. The first-order valence-electron chi connectivity index (χ1n) is 11.5. The number of halogens is 1. The summed E-state index contributed by atoms with van der Waals surface area (Å²) in [5.41, 5.74) is 2.18. The van der Waals surface area contributed by atoms with Crippen LogP contribution in [0.15, 0.2) is 107 Å². The number of rotatable bonds is 5. The molecule has 36 heavy (non-hydrogen) atoms. The monoisotopic (exact) mass is 498 g/mol. The highest BCUT2D eigenvalue weighted by Crippen LogP contribution is 2.36. The van der Waals surface area contributed by atoms with Crippen LogP contribution in [0.3, 0.4) is 0 Å². The van der Waals surface area contributed by atoms with Gasteiger partial charge in [-0.25, -0.2) is 8.60 Å². The molecular formula is C29H23FN2O3S. The van der Waals surface area contributed by atoms with Crippen molar-refractivity contribution in [1.29, 1.82) is 0 Å². The molecule has 0 saturated carbocycles. The van der Waals surface area contributed by atoms with E-state index in [1.807, 2.05) is 37.3 Å². The lowest BCUT2D eigenvalue weighted by Gasteiger charge is -2.24. The molecule has 0 bridgehead atoms. The van der Waals surface area contributed by atoms with Crippen LogP contribution in [0.4, 0.5) is 10.1 Å². The molecule has 5 rings (SSSR count). The number of hydrogen-bond donors (Lipinski definition) is 1. The summed E-state index contributed by atoms with van der Waals surface area (Å²) in [6.45, 7) is 1.81. The Labute approximate surface area is 211 Å². The number of nitrogens with zero attached hydrogens (tertiary/aromatic N) is 1. The van der Waals surface area contributed by atoms with E-state index in [4.69, 9.17) is 0 Å². The molecule has 2 unspecified atom stereocenters. The second-order valence-corrected chi connectivity index (χ2v) is 9.95. The van der Waals surface area contributed by atoms with E-state index in [-0.39, 0.29) is 24.1 Å². The Morgan fingerprint density at radius 2 is 1.61 bits per heavy atom. The van der Waals surface area contributed by atoms with Gasteiger partial charge in [-0.15, -0.1) is 0 Å². The first-order chi connectivity index (χ1) is 17.4. The number of amides is 2. The van der Waals surface area contributed by atoms with Gasteiger partial charge in [0.2, 0.25) is 0 Å². The summed E-state index contributed by atoms with van der Waals surface area (Å²) in [5.74, 6) is -1.19. The van der Waals surface area contributed by atoms with Crippen LogP contribution in [0.5, 0.6) is 0 Å². The predicted molar refractivity (Wildman–Crippen MR) is 137 cm³/mol. The van der Waals surface area contributed by atoms with Crippen molar-refractivity contribution >= 4 is 28.3 Å². The van der Waals surface area contributed by atoms with E-state index in [0.717, 1.165) is 5.56 Å². The Morgan fingerprint density at radius 1 is 0.917 bits per heavy atom. The van der Waals surface area contributed by atoms with Gasteiger partial charge in [0, 0.05) is 11.1 Å². The zero-order valence-corrected chi connectivity index (χ0v) is 20.3. The van der Waals surface area contributed by atoms with Crippen molar-refractivity contribution in [3.8, 4) is 0 Å². The van der Waals surface area contributed by atoms with Gasteiger partial charge in [0.15, 0.2) is 0 Å². The summed E-state index contributed by atoms with van der Waals surface area (Å²) in [4.78, 5) is 29.0. The second-order valence-electron chi connectivity index (χ2n) is 8.54. The number of carbonyl (C=O) groups excluding carboxylic acids is 2. The highest BCUT2D eigenvalue weighted by molar-refractivity contribution is 7.85. The van der Waals surface area contributed by atoms with Crippen molar-refractivity contribution < 1.29 is 18.2 Å². The summed E-state index contributed by atoms with van der Waals surface area (Å²) in [5, 5.41) is 2.97. The molecule has 0 spiro atoms. The van der Waals surface area contributed by atoms with Crippen LogP contribution in [0, 0.1) is 5.82 Å². The Hall–Kier alpha value is -4.10. The molecule has 7 heteroatoms. The maximum absolute atomic E-state index is 14.6. The zero-order chi connectivity index (χ0) is 25.2. The minimum absolute atomic E-state index is 0.0739. The third-order valence-electron chi connectivity index (χ3n) is 6.21. The smallest absolute Gasteiger partial charge is 0.259 e. The van der Waals surface area contributed by atoms with Crippen molar-refractivity contribution in [2.24, 2.45) is 0 Å². The summed E-state index contributed by atoms with van der Waals surface area (Å²) >= 11 is 0. The predicted octanol–water partition coefficient (Wildman–Crippen LogP) is 5.64. The zero-order valence-electron chi connectivity index (χ0n) is 19.5. The van der Waals surface area contributed by atoms with E-state index in [0.29, 0.717) is 26.6 Å². The quantitative estimate of drug-likeness (QED) is 0.387. The number of benzene rings is 4. The van der Waals surface area contributed by atoms with E-state index in [9.17, 15) is 18.2 Å². The van der Waals surface area contributed by atoms with Crippen LogP contribution in [0.25, 0.3) is 0 Å². The molecule has 2 atom stereocenters. The molecule has 0 radical (unpaired) electrons. The molecular weight excluding hydrogens is 475 g/mol. The lowest BCUT2D eigenvalue weighted by molar-refractivity contribution is 0.0937. The first kappa shape index (κ1) is 23.6. The Morgan fingerprint density at radius 3 is 2.39 bits per heavy atom. The van der Waals surface area contributed by atoms with Crippen LogP contribution in [0.2, 0.25) is 0 Å². The molecule has 1 heterocycles. The Balaban J connectivity index is 1.57. The highest BCUT2D eigenvalue weighted by Gasteiger charge is 2.32. The molecule has 4 aromatic rings. The second kappa shape index (κ2) is 9.87. The lowest BCUT2D eigenvalue weighted by Crippen LogP contribution is -2.31. The van der Waals surface area contributed by atoms with E-state index in [1.165, 1.54) is 11.0 Å². The topological polar surface area (TPSA) is 66.5 Å². The first-order valence-corrected chi connectivity index (χ1v) is 12.6. The normalized spacial score (nSPS) is 15.4. The van der Waals surface area contributed by atoms with Gasteiger partial charge in [-0.2, -0.15) is 0 Å². The van der Waals surface area contributed by atoms with E-state index >= 15 is 0 Å². The maximum atomic E-state index is 14.6. The minimum atomic E-state index is -1.66. The van der Waals surface area contributed by atoms with E-state index in [2.05, 4.69) is 5.32 Å². The number of fused-ring (bicyclic) bond motifs is 2. The molecule has 1 N–H and O–H groups in total. The molecule has 4 aromatic carbocycles. The van der Waals surface area contributed by atoms with Gasteiger partial charge >= 0.3 is 0 Å². The summed E-state index contributed by atoms with van der Waals surface area (Å²) in [6, 6.07) is 27.0. The summed E-state index contributed by atoms with van der Waals surface area (Å²) in [7, 11) is -1.66. The summed E-state index contributed by atoms with van der Waals surface area (Å²) < 4.78 is 28.1. The number of carbonyl (C=O) groups is 2. The number of nitrogens with one attached hydrogen (secondary N) is 1. The molecule has 0 aromatic heterocycles. The van der Waals surface area contributed by atoms with Crippen molar-refractivity contribution in [2.45, 2.75) is 29.3 Å². The van der Waals surface area contributed by atoms with Gasteiger partial charge in [0.05, 0.1) is 44.4 Å². The third kappa shape index (κ3) is 4.45. The molecule has 1 aliphatic rings. The van der Waals surface area contributed by atoms with Gasteiger partial charge in [-0.05, 0) is 48.9 Å². The van der Waals surface area contributed by atoms with Crippen molar-refractivity contribution in [3.63, 3.8) is 0 Å². The van der Waals surface area contributed by atoms with Crippen LogP contribution in [-0.2, 0) is 17.3 Å². The summed E-state index contributed by atoms with van der Waals surface area (Å²) in [6.07, 6.45) is 0. The average molecular weight is 499 g/mol. The van der Waals surface area contributed by atoms with Gasteiger partial charge in [-0.1, -0.05) is 60.7 Å². The van der Waals surface area contributed by atoms with Gasteiger partial charge in [0.25, 0.3) is 11.8 Å². The maximum Gasteiger partial charge on any atom is 0.259 e. The van der Waals surface area contributed by atoms with Gasteiger partial charge in [0.1, 0.15) is 5.82 Å². The lowest BCUT2D eigenvalue weighted by atomic mass is 10.1. The molecule has 0 aliphatic carbocycles. The number of anilines is 1. The van der Waals surface area contributed by atoms with Crippen LogP contribution < -0.4 is 10.2 Å². The van der Waals surface area contributed by atoms with E-state index < -0.39 is 22.5 Å². The molecule has 180 valence electrons. The van der Waals surface area contributed by atoms with Crippen molar-refractivity contribution in [3.05, 3.63) is 125 Å². The average Bonchev–Trinajstić information content (AvgIpc) is 2.99. The van der Waals surface area contributed by atoms with Crippen LogP contribution in [-0.4, -0.2) is 16.0 Å².